The number of carbonyl (C=O) groups excluding carboxylic acids is 4. The van der Waals surface area contributed by atoms with Gasteiger partial charge in [0.1, 0.15) is 36.4 Å². The van der Waals surface area contributed by atoms with Crippen molar-refractivity contribution in [2.24, 2.45) is 0 Å². The van der Waals surface area contributed by atoms with Gasteiger partial charge in [0.05, 0.1) is 7.11 Å². The third kappa shape index (κ3) is 10.6. The number of carbonyl (C=O) groups is 4. The number of fused-ring (bicyclic) bond motifs is 3. The largest absolute Gasteiger partial charge is 0.496 e. The topological polar surface area (TPSA) is 151 Å². The number of amides is 3. The molecule has 49 heavy (non-hydrogen) atoms. The minimum Gasteiger partial charge on any atom is -0.496 e. The number of likely N-dealkylation sites (N-methyl/N-ethyl adjacent to an activating group) is 1. The molecule has 12 heteroatoms. The monoisotopic (exact) mass is 675 g/mol. The summed E-state index contributed by atoms with van der Waals surface area (Å²) in [4.78, 5) is 50.0. The Morgan fingerprint density at radius 2 is 1.53 bits per heavy atom. The molecule has 0 bridgehead atoms. The molecule has 1 aliphatic rings. The van der Waals surface area contributed by atoms with E-state index in [1.807, 2.05) is 36.4 Å². The third-order valence-electron chi connectivity index (χ3n) is 7.79. The summed E-state index contributed by atoms with van der Waals surface area (Å²) < 4.78 is 27.5. The fourth-order valence-electron chi connectivity index (χ4n) is 5.41. The van der Waals surface area contributed by atoms with E-state index in [2.05, 4.69) is 28.1 Å². The predicted molar refractivity (Wildman–Crippen MR) is 182 cm³/mol. The highest BCUT2D eigenvalue weighted by Gasteiger charge is 2.30. The zero-order chi connectivity index (χ0) is 35.4. The van der Waals surface area contributed by atoms with Gasteiger partial charge in [0.15, 0.2) is 6.61 Å². The summed E-state index contributed by atoms with van der Waals surface area (Å²) in [5.74, 6) is -0.275. The highest BCUT2D eigenvalue weighted by atomic mass is 16.6. The minimum atomic E-state index is -1.02. The van der Waals surface area contributed by atoms with Gasteiger partial charge in [-0.2, -0.15) is 0 Å². The van der Waals surface area contributed by atoms with Crippen molar-refractivity contribution in [1.29, 1.82) is 0 Å². The molecule has 0 heterocycles. The Bertz CT molecular complexity index is 1570. The molecule has 3 aromatic rings. The summed E-state index contributed by atoms with van der Waals surface area (Å²) in [7, 11) is 2.98. The average Bonchev–Trinajstić information content (AvgIpc) is 3.40. The number of esters is 1. The number of rotatable bonds is 15. The van der Waals surface area contributed by atoms with Crippen LogP contribution in [0.3, 0.4) is 0 Å². The van der Waals surface area contributed by atoms with Gasteiger partial charge >= 0.3 is 18.2 Å². The van der Waals surface area contributed by atoms with E-state index in [0.29, 0.717) is 36.4 Å². The fourth-order valence-corrected chi connectivity index (χ4v) is 5.41. The molecule has 3 N–H and O–H groups in total. The molecule has 3 amide bonds. The van der Waals surface area contributed by atoms with E-state index in [-0.39, 0.29) is 38.1 Å². The lowest BCUT2D eigenvalue weighted by Crippen LogP contribution is -2.42. The van der Waals surface area contributed by atoms with Crippen molar-refractivity contribution in [3.05, 3.63) is 83.4 Å². The summed E-state index contributed by atoms with van der Waals surface area (Å²) in [6.45, 7) is 5.46. The van der Waals surface area contributed by atoms with Crippen LogP contribution in [-0.4, -0.2) is 69.6 Å². The first-order valence-corrected chi connectivity index (χ1v) is 16.2. The number of hydrogen-bond donors (Lipinski definition) is 3. The van der Waals surface area contributed by atoms with Crippen LogP contribution in [0, 0.1) is 0 Å². The molecule has 1 aliphatic carbocycles. The molecule has 0 unspecified atom stereocenters. The van der Waals surface area contributed by atoms with Crippen molar-refractivity contribution in [1.82, 2.24) is 16.0 Å². The van der Waals surface area contributed by atoms with E-state index >= 15 is 0 Å². The maximum Gasteiger partial charge on any atom is 0.407 e. The van der Waals surface area contributed by atoms with Gasteiger partial charge in [-0.25, -0.2) is 14.4 Å². The van der Waals surface area contributed by atoms with Crippen LogP contribution in [0.4, 0.5) is 9.59 Å². The number of nitrogens with one attached hydrogen (secondary N) is 3. The zero-order valence-electron chi connectivity index (χ0n) is 28.6. The van der Waals surface area contributed by atoms with Crippen LogP contribution in [0.5, 0.6) is 11.5 Å². The second kappa shape index (κ2) is 17.2. The van der Waals surface area contributed by atoms with Crippen molar-refractivity contribution in [2.75, 3.05) is 33.9 Å². The van der Waals surface area contributed by atoms with Crippen LogP contribution < -0.4 is 25.4 Å². The van der Waals surface area contributed by atoms with Gasteiger partial charge in [-0.1, -0.05) is 48.5 Å². The van der Waals surface area contributed by atoms with E-state index in [0.717, 1.165) is 22.3 Å². The van der Waals surface area contributed by atoms with Crippen LogP contribution in [0.25, 0.3) is 11.1 Å². The Balaban J connectivity index is 1.37. The molecule has 12 nitrogen and oxygen atoms in total. The molecule has 262 valence electrons. The van der Waals surface area contributed by atoms with E-state index < -0.39 is 29.8 Å². The van der Waals surface area contributed by atoms with Gasteiger partial charge in [0.2, 0.25) is 0 Å². The molecular weight excluding hydrogens is 630 g/mol. The second-order valence-electron chi connectivity index (χ2n) is 12.5. The minimum absolute atomic E-state index is 0.0902. The quantitative estimate of drug-likeness (QED) is 0.108. The summed E-state index contributed by atoms with van der Waals surface area (Å²) >= 11 is 0. The lowest BCUT2D eigenvalue weighted by molar-refractivity contribution is -0.147. The van der Waals surface area contributed by atoms with E-state index in [1.165, 1.54) is 14.2 Å². The summed E-state index contributed by atoms with van der Waals surface area (Å²) in [6.07, 6.45) is -0.0200. The Kier molecular flexibility index (Phi) is 12.9. The Morgan fingerprint density at radius 1 is 0.857 bits per heavy atom. The molecule has 1 atom stereocenters. The molecule has 0 aliphatic heterocycles. The summed E-state index contributed by atoms with van der Waals surface area (Å²) in [6, 6.07) is 19.9. The highest BCUT2D eigenvalue weighted by Crippen LogP contribution is 2.44. The first kappa shape index (κ1) is 36.6. The van der Waals surface area contributed by atoms with Crippen molar-refractivity contribution in [2.45, 2.75) is 64.2 Å². The van der Waals surface area contributed by atoms with Crippen molar-refractivity contribution in [3.63, 3.8) is 0 Å². The van der Waals surface area contributed by atoms with Gasteiger partial charge in [0, 0.05) is 31.1 Å². The van der Waals surface area contributed by atoms with E-state index in [1.54, 1.807) is 39.0 Å². The van der Waals surface area contributed by atoms with Gasteiger partial charge in [0.25, 0.3) is 5.91 Å². The Morgan fingerprint density at radius 3 is 2.16 bits per heavy atom. The van der Waals surface area contributed by atoms with E-state index in [4.69, 9.17) is 23.7 Å². The number of hydrogen-bond acceptors (Lipinski definition) is 9. The smallest absolute Gasteiger partial charge is 0.407 e. The van der Waals surface area contributed by atoms with Crippen molar-refractivity contribution < 1.29 is 42.9 Å². The van der Waals surface area contributed by atoms with Gasteiger partial charge in [-0.3, -0.25) is 4.79 Å². The fraction of sp³-hybridized carbons (Fsp3) is 0.405. The molecule has 0 saturated heterocycles. The van der Waals surface area contributed by atoms with Crippen LogP contribution in [0.2, 0.25) is 0 Å². The highest BCUT2D eigenvalue weighted by molar-refractivity contribution is 5.82. The van der Waals surface area contributed by atoms with Gasteiger partial charge < -0.3 is 39.6 Å². The average molecular weight is 676 g/mol. The standard InChI is InChI=1S/C37H45N3O9/c1-37(2,3)49-35(43)39-19-11-10-16-31(34(42)47-21-24-17-18-25(20-32(24)45-5)46-23-33(41)38-4)40-36(44)48-22-30-28-14-8-6-12-26(28)27-13-7-9-15-29(27)30/h6-9,12-15,17-18,20,30-31H,10-11,16,19,21-23H2,1-5H3,(H,38,41)(H,39,43)(H,40,44)/t31-/m1/s1. The first-order valence-electron chi connectivity index (χ1n) is 16.2. The second-order valence-corrected chi connectivity index (χ2v) is 12.5. The maximum absolute atomic E-state index is 13.4. The first-order chi connectivity index (χ1) is 23.5. The zero-order valence-corrected chi connectivity index (χ0v) is 28.6. The Hall–Kier alpha value is -5.26. The molecule has 4 rings (SSSR count). The van der Waals surface area contributed by atoms with Gasteiger partial charge in [-0.15, -0.1) is 0 Å². The molecule has 0 fully saturated rings. The number of unbranched alkanes of at least 4 members (excludes halogenated alkanes) is 1. The number of benzene rings is 3. The van der Waals surface area contributed by atoms with Crippen molar-refractivity contribution in [3.8, 4) is 22.6 Å². The van der Waals surface area contributed by atoms with Crippen LogP contribution in [-0.2, 0) is 30.4 Å². The molecule has 0 aromatic heterocycles. The van der Waals surface area contributed by atoms with Crippen LogP contribution >= 0.6 is 0 Å². The van der Waals surface area contributed by atoms with E-state index in [9.17, 15) is 19.2 Å². The number of methoxy groups -OCH3 is 1. The Labute approximate surface area is 286 Å². The SMILES string of the molecule is CNC(=O)COc1ccc(COC(=O)[C@@H](CCCCNC(=O)OC(C)(C)C)NC(=O)OCC2c3ccccc3-c3ccccc32)c(OC)c1. The molecule has 0 radical (unpaired) electrons. The van der Waals surface area contributed by atoms with Gasteiger partial charge in [-0.05, 0) is 74.4 Å². The summed E-state index contributed by atoms with van der Waals surface area (Å²) in [5, 5.41) is 7.87. The molecule has 3 aromatic carbocycles. The van der Waals surface area contributed by atoms with Crippen LogP contribution in [0.15, 0.2) is 66.7 Å². The third-order valence-corrected chi connectivity index (χ3v) is 7.79. The molecule has 0 spiro atoms. The van der Waals surface area contributed by atoms with Crippen molar-refractivity contribution >= 4 is 24.1 Å². The maximum atomic E-state index is 13.4. The predicted octanol–water partition coefficient (Wildman–Crippen LogP) is 5.47. The summed E-state index contributed by atoms with van der Waals surface area (Å²) in [5.41, 5.74) is 4.30. The molecule has 0 saturated carbocycles. The lowest BCUT2D eigenvalue weighted by atomic mass is 9.98. The van der Waals surface area contributed by atoms with Crippen LogP contribution in [0.1, 0.15) is 62.6 Å². The molecular formula is C37H45N3O9. The normalized spacial score (nSPS) is 12.5. The number of ether oxygens (including phenoxy) is 5. The lowest BCUT2D eigenvalue weighted by Gasteiger charge is -2.20. The number of alkyl carbamates (subject to hydrolysis) is 2.